The smallest absolute Gasteiger partial charge is 0.263 e. The van der Waals surface area contributed by atoms with Gasteiger partial charge in [-0.05, 0) is 49.7 Å². The molecule has 0 aromatic heterocycles. The number of rotatable bonds is 5. The van der Waals surface area contributed by atoms with E-state index in [1.807, 2.05) is 37.3 Å². The lowest BCUT2D eigenvalue weighted by molar-refractivity contribution is -0.139. The van der Waals surface area contributed by atoms with Gasteiger partial charge in [0.2, 0.25) is 0 Å². The Morgan fingerprint density at radius 1 is 0.929 bits per heavy atom. The number of carbonyl (C=O) groups excluding carboxylic acids is 2. The molecule has 2 aromatic carbocycles. The molecule has 1 fully saturated rings. The molecule has 1 aliphatic heterocycles. The molecule has 6 heteroatoms. The number of methoxy groups -OCH3 is 1. The van der Waals surface area contributed by atoms with Crippen LogP contribution in [0.15, 0.2) is 48.5 Å². The van der Waals surface area contributed by atoms with Crippen LogP contribution in [0.5, 0.6) is 11.5 Å². The van der Waals surface area contributed by atoms with Crippen LogP contribution in [-0.2, 0) is 4.79 Å². The van der Waals surface area contributed by atoms with Crippen LogP contribution in [0.4, 0.5) is 0 Å². The van der Waals surface area contributed by atoms with Crippen LogP contribution < -0.4 is 9.47 Å². The zero-order valence-corrected chi connectivity index (χ0v) is 16.6. The molecule has 1 heterocycles. The molecule has 1 aliphatic rings. The standard InChI is InChI=1S/C22H26N2O4/c1-16-6-4-9-20(14-16)28-17(2)21(25)23-10-12-24(13-11-23)22(26)18-7-5-8-19(15-18)27-3/h4-9,14-15,17H,10-13H2,1-3H3. The van der Waals surface area contributed by atoms with Gasteiger partial charge in [-0.1, -0.05) is 18.2 Å². The van der Waals surface area contributed by atoms with E-state index in [0.29, 0.717) is 43.2 Å². The van der Waals surface area contributed by atoms with Gasteiger partial charge in [0.25, 0.3) is 11.8 Å². The average molecular weight is 382 g/mol. The topological polar surface area (TPSA) is 59.1 Å². The van der Waals surface area contributed by atoms with Crippen LogP contribution in [0.3, 0.4) is 0 Å². The van der Waals surface area contributed by atoms with Crippen molar-refractivity contribution >= 4 is 11.8 Å². The molecular formula is C22H26N2O4. The molecule has 0 radical (unpaired) electrons. The van der Waals surface area contributed by atoms with Gasteiger partial charge in [-0.25, -0.2) is 0 Å². The van der Waals surface area contributed by atoms with Gasteiger partial charge >= 0.3 is 0 Å². The quantitative estimate of drug-likeness (QED) is 0.798. The molecule has 3 rings (SSSR count). The van der Waals surface area contributed by atoms with E-state index in [-0.39, 0.29) is 11.8 Å². The first-order valence-corrected chi connectivity index (χ1v) is 9.43. The van der Waals surface area contributed by atoms with Crippen molar-refractivity contribution in [3.63, 3.8) is 0 Å². The molecule has 1 atom stereocenters. The summed E-state index contributed by atoms with van der Waals surface area (Å²) in [6.07, 6.45) is -0.567. The fourth-order valence-electron chi connectivity index (χ4n) is 3.27. The Bertz CT molecular complexity index is 844. The van der Waals surface area contributed by atoms with E-state index in [4.69, 9.17) is 9.47 Å². The number of hydrogen-bond donors (Lipinski definition) is 0. The van der Waals surface area contributed by atoms with Gasteiger partial charge in [-0.15, -0.1) is 0 Å². The summed E-state index contributed by atoms with van der Waals surface area (Å²) in [6.45, 7) is 5.74. The summed E-state index contributed by atoms with van der Waals surface area (Å²) in [5.41, 5.74) is 1.68. The zero-order valence-electron chi connectivity index (χ0n) is 16.6. The van der Waals surface area contributed by atoms with E-state index in [0.717, 1.165) is 5.56 Å². The summed E-state index contributed by atoms with van der Waals surface area (Å²) in [5, 5.41) is 0. The molecular weight excluding hydrogens is 356 g/mol. The Labute approximate surface area is 165 Å². The molecule has 0 N–H and O–H groups in total. The van der Waals surface area contributed by atoms with E-state index in [2.05, 4.69) is 0 Å². The van der Waals surface area contributed by atoms with Gasteiger partial charge < -0.3 is 19.3 Å². The Morgan fingerprint density at radius 3 is 2.25 bits per heavy atom. The van der Waals surface area contributed by atoms with Gasteiger partial charge in [-0.2, -0.15) is 0 Å². The lowest BCUT2D eigenvalue weighted by Gasteiger charge is -2.36. The van der Waals surface area contributed by atoms with Crippen molar-refractivity contribution in [2.24, 2.45) is 0 Å². The fourth-order valence-corrected chi connectivity index (χ4v) is 3.27. The van der Waals surface area contributed by atoms with Crippen LogP contribution >= 0.6 is 0 Å². The Kier molecular flexibility index (Phi) is 6.19. The van der Waals surface area contributed by atoms with Crippen molar-refractivity contribution in [2.75, 3.05) is 33.3 Å². The predicted molar refractivity (Wildman–Crippen MR) is 107 cm³/mol. The second-order valence-electron chi connectivity index (χ2n) is 6.93. The third-order valence-corrected chi connectivity index (χ3v) is 4.85. The average Bonchev–Trinajstić information content (AvgIpc) is 2.73. The Balaban J connectivity index is 1.55. The minimum absolute atomic E-state index is 0.0462. The summed E-state index contributed by atoms with van der Waals surface area (Å²) in [7, 11) is 1.58. The lowest BCUT2D eigenvalue weighted by atomic mass is 10.1. The molecule has 2 amide bonds. The summed E-state index contributed by atoms with van der Waals surface area (Å²) >= 11 is 0. The summed E-state index contributed by atoms with van der Waals surface area (Å²) in [5.74, 6) is 1.24. The fraction of sp³-hybridized carbons (Fsp3) is 0.364. The Morgan fingerprint density at radius 2 is 1.57 bits per heavy atom. The highest BCUT2D eigenvalue weighted by Gasteiger charge is 2.28. The normalized spacial score (nSPS) is 15.1. The maximum absolute atomic E-state index is 12.7. The second kappa shape index (κ2) is 8.78. The Hall–Kier alpha value is -3.02. The number of nitrogens with zero attached hydrogens (tertiary/aromatic N) is 2. The first-order chi connectivity index (χ1) is 13.5. The minimum Gasteiger partial charge on any atom is -0.497 e. The van der Waals surface area contributed by atoms with Crippen molar-refractivity contribution in [1.82, 2.24) is 9.80 Å². The van der Waals surface area contributed by atoms with Crippen LogP contribution in [0.1, 0.15) is 22.8 Å². The summed E-state index contributed by atoms with van der Waals surface area (Å²) in [6, 6.07) is 14.8. The number of amides is 2. The van der Waals surface area contributed by atoms with E-state index in [9.17, 15) is 9.59 Å². The maximum atomic E-state index is 12.7. The van der Waals surface area contributed by atoms with Crippen molar-refractivity contribution < 1.29 is 19.1 Å². The molecule has 148 valence electrons. The van der Waals surface area contributed by atoms with E-state index in [1.54, 1.807) is 42.0 Å². The number of carbonyl (C=O) groups is 2. The highest BCUT2D eigenvalue weighted by molar-refractivity contribution is 5.94. The van der Waals surface area contributed by atoms with Gasteiger partial charge in [0, 0.05) is 31.7 Å². The molecule has 6 nitrogen and oxygen atoms in total. The van der Waals surface area contributed by atoms with E-state index in [1.165, 1.54) is 0 Å². The van der Waals surface area contributed by atoms with Crippen molar-refractivity contribution in [3.8, 4) is 11.5 Å². The lowest BCUT2D eigenvalue weighted by Crippen LogP contribution is -2.53. The SMILES string of the molecule is COc1cccc(C(=O)N2CCN(C(=O)C(C)Oc3cccc(C)c3)CC2)c1. The number of aryl methyl sites for hydroxylation is 1. The highest BCUT2D eigenvalue weighted by Crippen LogP contribution is 2.17. The van der Waals surface area contributed by atoms with Gasteiger partial charge in [-0.3, -0.25) is 9.59 Å². The van der Waals surface area contributed by atoms with Crippen molar-refractivity contribution in [2.45, 2.75) is 20.0 Å². The third kappa shape index (κ3) is 4.63. The van der Waals surface area contributed by atoms with Crippen molar-refractivity contribution in [1.29, 1.82) is 0 Å². The van der Waals surface area contributed by atoms with E-state index < -0.39 is 6.10 Å². The first kappa shape index (κ1) is 19.7. The van der Waals surface area contributed by atoms with Gasteiger partial charge in [0.15, 0.2) is 6.10 Å². The maximum Gasteiger partial charge on any atom is 0.263 e. The monoisotopic (exact) mass is 382 g/mol. The summed E-state index contributed by atoms with van der Waals surface area (Å²) < 4.78 is 11.0. The largest absolute Gasteiger partial charge is 0.497 e. The summed E-state index contributed by atoms with van der Waals surface area (Å²) in [4.78, 5) is 28.9. The van der Waals surface area contributed by atoms with Crippen LogP contribution in [0.2, 0.25) is 0 Å². The first-order valence-electron chi connectivity index (χ1n) is 9.43. The second-order valence-corrected chi connectivity index (χ2v) is 6.93. The molecule has 1 saturated heterocycles. The number of piperazine rings is 1. The molecule has 0 aliphatic carbocycles. The number of ether oxygens (including phenoxy) is 2. The molecule has 1 unspecified atom stereocenters. The van der Waals surface area contributed by atoms with Crippen LogP contribution in [0, 0.1) is 6.92 Å². The molecule has 0 bridgehead atoms. The van der Waals surface area contributed by atoms with Crippen LogP contribution in [-0.4, -0.2) is 61.0 Å². The third-order valence-electron chi connectivity index (χ3n) is 4.85. The number of hydrogen-bond acceptors (Lipinski definition) is 4. The van der Waals surface area contributed by atoms with Crippen LogP contribution in [0.25, 0.3) is 0 Å². The highest BCUT2D eigenvalue weighted by atomic mass is 16.5. The zero-order chi connectivity index (χ0) is 20.1. The van der Waals surface area contributed by atoms with E-state index >= 15 is 0 Å². The minimum atomic E-state index is -0.567. The van der Waals surface area contributed by atoms with Gasteiger partial charge in [0.05, 0.1) is 7.11 Å². The number of benzene rings is 2. The molecule has 2 aromatic rings. The van der Waals surface area contributed by atoms with Gasteiger partial charge in [0.1, 0.15) is 11.5 Å². The predicted octanol–water partition coefficient (Wildman–Crippen LogP) is 2.76. The molecule has 28 heavy (non-hydrogen) atoms. The molecule has 0 saturated carbocycles. The molecule has 0 spiro atoms. The van der Waals surface area contributed by atoms with Crippen molar-refractivity contribution in [3.05, 3.63) is 59.7 Å².